The molecule has 1 aromatic carbocycles. The Hall–Kier alpha value is -2.55. The number of benzene rings is 1. The van der Waals surface area contributed by atoms with Gasteiger partial charge >= 0.3 is 0 Å². The Morgan fingerprint density at radius 3 is 2.44 bits per heavy atom. The summed E-state index contributed by atoms with van der Waals surface area (Å²) >= 11 is 0. The number of nitrogens with one attached hydrogen (secondary N) is 1. The summed E-state index contributed by atoms with van der Waals surface area (Å²) in [7, 11) is 0. The first-order chi connectivity index (χ1) is 14.4. The van der Waals surface area contributed by atoms with Crippen LogP contribution in [0.5, 0.6) is 0 Å². The first kappa shape index (κ1) is 24.1. The first-order valence-corrected chi connectivity index (χ1v) is 10.2. The summed E-state index contributed by atoms with van der Waals surface area (Å²) in [6.07, 6.45) is 1.87. The van der Waals surface area contributed by atoms with Crippen molar-refractivity contribution in [3.63, 3.8) is 0 Å². The van der Waals surface area contributed by atoms with E-state index in [1.165, 1.54) is 6.07 Å². The van der Waals surface area contributed by atoms with Crippen molar-refractivity contribution < 1.29 is 4.39 Å². The van der Waals surface area contributed by atoms with E-state index in [0.29, 0.717) is 40.1 Å². The molecule has 0 bridgehead atoms. The Labute approximate surface area is 198 Å². The molecule has 7 nitrogen and oxygen atoms in total. The summed E-state index contributed by atoms with van der Waals surface area (Å²) in [4.78, 5) is 6.63. The lowest BCUT2D eigenvalue weighted by molar-refractivity contribution is 0.405. The molecular formula is C22H26Cl2FN7. The molecule has 32 heavy (non-hydrogen) atoms. The number of anilines is 1. The summed E-state index contributed by atoms with van der Waals surface area (Å²) in [6, 6.07) is 7.77. The lowest BCUT2D eigenvalue weighted by atomic mass is 10.1. The maximum absolute atomic E-state index is 15.1. The Morgan fingerprint density at radius 2 is 1.72 bits per heavy atom. The van der Waals surface area contributed by atoms with Crippen LogP contribution >= 0.6 is 24.8 Å². The van der Waals surface area contributed by atoms with Crippen LogP contribution in [0.1, 0.15) is 25.1 Å². The molecule has 1 aliphatic heterocycles. The number of nitrogens with zero attached hydrogens (tertiary/aromatic N) is 6. The van der Waals surface area contributed by atoms with Gasteiger partial charge in [0.2, 0.25) is 0 Å². The average Bonchev–Trinajstić information content (AvgIpc) is 3.08. The topological polar surface area (TPSA) is 71.2 Å². The van der Waals surface area contributed by atoms with Crippen molar-refractivity contribution in [2.24, 2.45) is 0 Å². The van der Waals surface area contributed by atoms with Gasteiger partial charge in [-0.1, -0.05) is 0 Å². The minimum atomic E-state index is -0.323. The Kier molecular flexibility index (Phi) is 6.88. The van der Waals surface area contributed by atoms with Crippen molar-refractivity contribution in [1.82, 2.24) is 30.1 Å². The Balaban J connectivity index is 0.00000144. The quantitative estimate of drug-likeness (QED) is 0.467. The second-order valence-electron chi connectivity index (χ2n) is 8.33. The van der Waals surface area contributed by atoms with Crippen molar-refractivity contribution in [2.45, 2.75) is 39.8 Å². The molecule has 4 heterocycles. The number of rotatable bonds is 2. The van der Waals surface area contributed by atoms with Gasteiger partial charge in [0.1, 0.15) is 5.82 Å². The van der Waals surface area contributed by atoms with Crippen LogP contribution in [-0.2, 0) is 0 Å². The van der Waals surface area contributed by atoms with E-state index in [9.17, 15) is 0 Å². The fourth-order valence-corrected chi connectivity index (χ4v) is 4.29. The molecule has 10 heteroatoms. The highest BCUT2D eigenvalue weighted by atomic mass is 35.5. The lowest BCUT2D eigenvalue weighted by Gasteiger charge is -2.36. The Bertz CT molecular complexity index is 1270. The van der Waals surface area contributed by atoms with Crippen molar-refractivity contribution in [3.05, 3.63) is 47.5 Å². The number of aryl methyl sites for hydroxylation is 2. The third kappa shape index (κ3) is 4.35. The van der Waals surface area contributed by atoms with E-state index in [2.05, 4.69) is 44.3 Å². The maximum atomic E-state index is 15.1. The van der Waals surface area contributed by atoms with Crippen LogP contribution in [0, 0.1) is 19.7 Å². The van der Waals surface area contributed by atoms with Crippen LogP contribution in [0.15, 0.2) is 30.5 Å². The van der Waals surface area contributed by atoms with Crippen LogP contribution < -0.4 is 10.2 Å². The van der Waals surface area contributed by atoms with E-state index < -0.39 is 0 Å². The van der Waals surface area contributed by atoms with E-state index >= 15 is 4.39 Å². The van der Waals surface area contributed by atoms with Gasteiger partial charge in [0.15, 0.2) is 11.5 Å². The van der Waals surface area contributed by atoms with Gasteiger partial charge < -0.3 is 10.2 Å². The highest BCUT2D eigenvalue weighted by Crippen LogP contribution is 2.28. The highest BCUT2D eigenvalue weighted by molar-refractivity contribution is 5.86. The number of fused-ring (bicyclic) bond motifs is 2. The number of hydrogen-bond donors (Lipinski definition) is 1. The smallest absolute Gasteiger partial charge is 0.156 e. The van der Waals surface area contributed by atoms with Crippen LogP contribution in [-0.4, -0.2) is 50.0 Å². The molecule has 1 fully saturated rings. The lowest BCUT2D eigenvalue weighted by Crippen LogP contribution is -2.54. The summed E-state index contributed by atoms with van der Waals surface area (Å²) in [5, 5.41) is 17.3. The maximum Gasteiger partial charge on any atom is 0.156 e. The number of imidazole rings is 1. The predicted molar refractivity (Wildman–Crippen MR) is 130 cm³/mol. The zero-order valence-corrected chi connectivity index (χ0v) is 20.0. The monoisotopic (exact) mass is 477 g/mol. The zero-order valence-electron chi connectivity index (χ0n) is 18.3. The zero-order chi connectivity index (χ0) is 21.0. The molecule has 0 spiro atoms. The molecule has 1 saturated heterocycles. The fourth-order valence-electron chi connectivity index (χ4n) is 4.29. The SMILES string of the molecule is Cc1cn2nc(-c3cc(F)c4cc(N5C[C@@H](C)N[C@@H](C)C5)nnc4c3)cc(C)c2n1.Cl.Cl. The molecule has 3 aromatic heterocycles. The van der Waals surface area contributed by atoms with Crippen LogP contribution in [0.3, 0.4) is 0 Å². The second kappa shape index (κ2) is 9.13. The van der Waals surface area contributed by atoms with E-state index in [-0.39, 0.29) is 30.6 Å². The van der Waals surface area contributed by atoms with E-state index in [0.717, 1.165) is 30.0 Å². The minimum Gasteiger partial charge on any atom is -0.352 e. The molecule has 2 atom stereocenters. The molecule has 5 rings (SSSR count). The second-order valence-corrected chi connectivity index (χ2v) is 8.33. The number of hydrogen-bond acceptors (Lipinski definition) is 6. The minimum absolute atomic E-state index is 0. The molecule has 0 amide bonds. The van der Waals surface area contributed by atoms with Gasteiger partial charge in [0.25, 0.3) is 0 Å². The van der Waals surface area contributed by atoms with Gasteiger partial charge in [0, 0.05) is 36.1 Å². The van der Waals surface area contributed by atoms with Gasteiger partial charge in [-0.3, -0.25) is 0 Å². The first-order valence-electron chi connectivity index (χ1n) is 10.2. The number of piperazine rings is 1. The van der Waals surface area contributed by atoms with Gasteiger partial charge in [-0.25, -0.2) is 13.9 Å². The van der Waals surface area contributed by atoms with Gasteiger partial charge in [-0.15, -0.1) is 35.0 Å². The van der Waals surface area contributed by atoms with E-state index in [4.69, 9.17) is 0 Å². The van der Waals surface area contributed by atoms with E-state index in [1.807, 2.05) is 32.2 Å². The van der Waals surface area contributed by atoms with Crippen LogP contribution in [0.2, 0.25) is 0 Å². The van der Waals surface area contributed by atoms with Crippen molar-refractivity contribution >= 4 is 47.2 Å². The molecular weight excluding hydrogens is 452 g/mol. The third-order valence-electron chi connectivity index (χ3n) is 5.55. The Morgan fingerprint density at radius 1 is 1.00 bits per heavy atom. The van der Waals surface area contributed by atoms with Crippen molar-refractivity contribution in [1.29, 1.82) is 0 Å². The third-order valence-corrected chi connectivity index (χ3v) is 5.55. The van der Waals surface area contributed by atoms with Crippen molar-refractivity contribution in [2.75, 3.05) is 18.0 Å². The molecule has 4 aromatic rings. The molecule has 170 valence electrons. The van der Waals surface area contributed by atoms with Gasteiger partial charge in [-0.05, 0) is 57.5 Å². The molecule has 0 unspecified atom stereocenters. The fraction of sp³-hybridized carbons (Fsp3) is 0.364. The predicted octanol–water partition coefficient (Wildman–Crippen LogP) is 4.13. The molecule has 0 radical (unpaired) electrons. The number of aromatic nitrogens is 5. The summed E-state index contributed by atoms with van der Waals surface area (Å²) in [5.41, 5.74) is 4.55. The van der Waals surface area contributed by atoms with Crippen molar-refractivity contribution in [3.8, 4) is 11.3 Å². The summed E-state index contributed by atoms with van der Waals surface area (Å²) < 4.78 is 16.8. The van der Waals surface area contributed by atoms with Crippen LogP contribution in [0.4, 0.5) is 10.2 Å². The van der Waals surface area contributed by atoms with E-state index in [1.54, 1.807) is 10.6 Å². The molecule has 0 aliphatic carbocycles. The standard InChI is InChI=1S/C22H24FN7.2ClH/c1-12-5-19(28-30-11-15(4)25-22(12)30)16-6-18(23)17-8-21(27-26-20(17)7-16)29-9-13(2)24-14(3)10-29;;/h5-8,11,13-14,24H,9-10H2,1-4H3;2*1H/t13-,14+;;. The molecule has 1 N–H and O–H groups in total. The van der Waals surface area contributed by atoms with Crippen LogP contribution in [0.25, 0.3) is 27.8 Å². The average molecular weight is 478 g/mol. The molecule has 1 aliphatic rings. The summed E-state index contributed by atoms with van der Waals surface area (Å²) in [5.74, 6) is 0.384. The highest BCUT2D eigenvalue weighted by Gasteiger charge is 2.23. The van der Waals surface area contributed by atoms with Gasteiger partial charge in [-0.2, -0.15) is 5.10 Å². The molecule has 0 saturated carbocycles. The van der Waals surface area contributed by atoms with Gasteiger partial charge in [0.05, 0.1) is 23.1 Å². The largest absolute Gasteiger partial charge is 0.352 e. The summed E-state index contributed by atoms with van der Waals surface area (Å²) in [6.45, 7) is 9.81. The normalized spacial score (nSPS) is 18.5. The number of halogens is 3.